The molecule has 2 aliphatic rings. The molecule has 6 aromatic carbocycles. The Morgan fingerprint density at radius 1 is 0.750 bits per heavy atom. The number of aromatic carboxylic acids is 1. The van der Waals surface area contributed by atoms with E-state index in [0.717, 1.165) is 83.9 Å². The summed E-state index contributed by atoms with van der Waals surface area (Å²) >= 11 is 6.26. The van der Waals surface area contributed by atoms with Gasteiger partial charge in [0.2, 0.25) is 0 Å². The summed E-state index contributed by atoms with van der Waals surface area (Å²) in [5, 5.41) is 17.0. The lowest BCUT2D eigenvalue weighted by Gasteiger charge is -2.39. The molecule has 9 rings (SSSR count). The summed E-state index contributed by atoms with van der Waals surface area (Å²) in [5.74, 6) is -0.210. The van der Waals surface area contributed by atoms with Crippen molar-refractivity contribution in [2.75, 3.05) is 37.6 Å². The summed E-state index contributed by atoms with van der Waals surface area (Å²) in [4.78, 5) is 17.6. The minimum atomic E-state index is -1.04. The van der Waals surface area contributed by atoms with Gasteiger partial charge in [-0.25, -0.2) is 9.48 Å². The molecule has 2 heterocycles. The summed E-state index contributed by atoms with van der Waals surface area (Å²) in [7, 11) is 0. The van der Waals surface area contributed by atoms with Crippen molar-refractivity contribution in [2.24, 2.45) is 5.41 Å². The van der Waals surface area contributed by atoms with Crippen LogP contribution in [-0.2, 0) is 5.54 Å². The fraction of sp³-hybridized carbons (Fsp3) is 0.231. The van der Waals surface area contributed by atoms with E-state index in [1.54, 1.807) is 6.07 Å². The summed E-state index contributed by atoms with van der Waals surface area (Å²) in [6, 6.07) is 51.0. The number of nitrogens with zero attached hydrogens (tertiary/aromatic N) is 4. The zero-order valence-corrected chi connectivity index (χ0v) is 34.9. The highest BCUT2D eigenvalue weighted by Gasteiger charge is 2.40. The van der Waals surface area contributed by atoms with Crippen LogP contribution in [-0.4, -0.2) is 58.5 Å². The molecule has 302 valence electrons. The second-order valence-electron chi connectivity index (χ2n) is 16.8. The molecule has 0 unspecified atom stereocenters. The number of halogens is 1. The quantitative estimate of drug-likeness (QED) is 0.131. The van der Waals surface area contributed by atoms with E-state index in [0.29, 0.717) is 11.5 Å². The second-order valence-corrected chi connectivity index (χ2v) is 17.3. The number of hydrogen-bond donors (Lipinski definition) is 1. The predicted octanol–water partition coefficient (Wildman–Crippen LogP) is 11.8. The molecular formula is C52H49ClN4O3. The standard InChI is InChI=1S/C52H49ClN4O3/c1-51(2)28-27-38(45(34-51)37-21-23-42(53)24-22-37)36-55-29-31-56(32-30-55)43-25-26-44(50(58)59)49(33-43)60-48-20-12-19-47-46(48)35-54-57(47)52(39-13-6-3-7-14-39,40-15-8-4-9-16-40)41-17-10-5-11-18-41/h3-26,33,35H,27-32,34,36H2,1-2H3,(H,58,59). The third-order valence-electron chi connectivity index (χ3n) is 12.4. The van der Waals surface area contributed by atoms with Crippen molar-refractivity contribution in [1.82, 2.24) is 14.7 Å². The third kappa shape index (κ3) is 7.60. The monoisotopic (exact) mass is 812 g/mol. The molecular weight excluding hydrogens is 764 g/mol. The van der Waals surface area contributed by atoms with Crippen LogP contribution < -0.4 is 9.64 Å². The van der Waals surface area contributed by atoms with E-state index in [9.17, 15) is 9.90 Å². The number of carbonyl (C=O) groups is 1. The fourth-order valence-corrected chi connectivity index (χ4v) is 9.40. The van der Waals surface area contributed by atoms with Crippen molar-refractivity contribution in [1.29, 1.82) is 0 Å². The van der Waals surface area contributed by atoms with Crippen LogP contribution >= 0.6 is 11.6 Å². The SMILES string of the molecule is CC1(C)CCC(CN2CCN(c3ccc(C(=O)O)c(Oc4cccc5c4cnn5C(c4ccccc4)(c4ccccc4)c4ccccc4)c3)CC2)=C(c2ccc(Cl)cc2)C1. The van der Waals surface area contributed by atoms with Gasteiger partial charge >= 0.3 is 5.97 Å². The van der Waals surface area contributed by atoms with E-state index in [-0.39, 0.29) is 11.0 Å². The Morgan fingerprint density at radius 3 is 1.97 bits per heavy atom. The van der Waals surface area contributed by atoms with Crippen molar-refractivity contribution >= 4 is 39.7 Å². The Hall–Kier alpha value is -6.15. The van der Waals surface area contributed by atoms with E-state index in [1.807, 2.05) is 60.8 Å². The van der Waals surface area contributed by atoms with Crippen molar-refractivity contribution in [2.45, 2.75) is 38.6 Å². The summed E-state index contributed by atoms with van der Waals surface area (Å²) in [5.41, 5.74) is 8.78. The van der Waals surface area contributed by atoms with Crippen LogP contribution in [0.4, 0.5) is 5.69 Å². The number of carboxylic acid groups (broad SMARTS) is 1. The molecule has 60 heavy (non-hydrogen) atoms. The molecule has 0 spiro atoms. The van der Waals surface area contributed by atoms with E-state index in [1.165, 1.54) is 23.1 Å². The maximum Gasteiger partial charge on any atom is 0.339 e. The average molecular weight is 813 g/mol. The highest BCUT2D eigenvalue weighted by Crippen LogP contribution is 2.45. The Morgan fingerprint density at radius 2 is 1.37 bits per heavy atom. The van der Waals surface area contributed by atoms with Gasteiger partial charge in [-0.2, -0.15) is 5.10 Å². The van der Waals surface area contributed by atoms with Crippen LogP contribution in [0, 0.1) is 5.41 Å². The molecule has 1 fully saturated rings. The molecule has 7 nitrogen and oxygen atoms in total. The number of carboxylic acids is 1. The average Bonchev–Trinajstić information content (AvgIpc) is 3.71. The molecule has 7 aromatic rings. The molecule has 0 amide bonds. The summed E-state index contributed by atoms with van der Waals surface area (Å²) in [6.45, 7) is 9.14. The van der Waals surface area contributed by atoms with Crippen LogP contribution in [0.1, 0.15) is 65.7 Å². The smallest absolute Gasteiger partial charge is 0.339 e. The van der Waals surface area contributed by atoms with Crippen LogP contribution in [0.2, 0.25) is 5.02 Å². The van der Waals surface area contributed by atoms with Crippen molar-refractivity contribution in [3.63, 3.8) is 0 Å². The first-order chi connectivity index (χ1) is 29.2. The molecule has 0 radical (unpaired) electrons. The van der Waals surface area contributed by atoms with Gasteiger partial charge in [0.1, 0.15) is 22.6 Å². The number of fused-ring (bicyclic) bond motifs is 1. The fourth-order valence-electron chi connectivity index (χ4n) is 9.27. The number of piperazine rings is 1. The topological polar surface area (TPSA) is 70.8 Å². The van der Waals surface area contributed by atoms with Gasteiger partial charge in [-0.3, -0.25) is 4.90 Å². The number of allylic oxidation sites excluding steroid dienone is 1. The molecule has 0 saturated carbocycles. The minimum Gasteiger partial charge on any atom is -0.478 e. The minimum absolute atomic E-state index is 0.107. The van der Waals surface area contributed by atoms with E-state index in [2.05, 4.69) is 119 Å². The number of aromatic nitrogens is 2. The maximum absolute atomic E-state index is 12.7. The molecule has 1 N–H and O–H groups in total. The van der Waals surface area contributed by atoms with Crippen molar-refractivity contribution in [3.8, 4) is 11.5 Å². The normalized spacial score (nSPS) is 15.9. The first-order valence-electron chi connectivity index (χ1n) is 20.8. The largest absolute Gasteiger partial charge is 0.478 e. The lowest BCUT2D eigenvalue weighted by Crippen LogP contribution is -2.47. The van der Waals surface area contributed by atoms with E-state index < -0.39 is 11.5 Å². The molecule has 0 bridgehead atoms. The first kappa shape index (κ1) is 39.3. The number of rotatable bonds is 11. The Balaban J connectivity index is 1.02. The van der Waals surface area contributed by atoms with Gasteiger partial charge in [-0.1, -0.05) is 140 Å². The van der Waals surface area contributed by atoms with Gasteiger partial charge in [0.05, 0.1) is 17.1 Å². The maximum atomic E-state index is 12.7. The van der Waals surface area contributed by atoms with Crippen LogP contribution in [0.5, 0.6) is 11.5 Å². The first-order valence-corrected chi connectivity index (χ1v) is 21.2. The number of hydrogen-bond acceptors (Lipinski definition) is 5. The summed E-state index contributed by atoms with van der Waals surface area (Å²) < 4.78 is 8.75. The Kier molecular flexibility index (Phi) is 10.8. The molecule has 0 atom stereocenters. The van der Waals surface area contributed by atoms with Crippen LogP contribution in [0.3, 0.4) is 0 Å². The molecule has 8 heteroatoms. The van der Waals surface area contributed by atoms with Crippen molar-refractivity contribution in [3.05, 3.63) is 196 Å². The molecule has 1 aliphatic heterocycles. The van der Waals surface area contributed by atoms with Gasteiger partial charge in [0.25, 0.3) is 0 Å². The zero-order chi connectivity index (χ0) is 41.3. The lowest BCUT2D eigenvalue weighted by atomic mass is 9.72. The number of anilines is 1. The lowest BCUT2D eigenvalue weighted by molar-refractivity contribution is 0.0694. The summed E-state index contributed by atoms with van der Waals surface area (Å²) in [6.07, 6.45) is 5.17. The van der Waals surface area contributed by atoms with Crippen molar-refractivity contribution < 1.29 is 14.6 Å². The highest BCUT2D eigenvalue weighted by atomic mass is 35.5. The van der Waals surface area contributed by atoms with Crippen LogP contribution in [0.15, 0.2) is 163 Å². The molecule has 1 saturated heterocycles. The molecule has 1 aromatic heterocycles. The van der Waals surface area contributed by atoms with Gasteiger partial charge in [0.15, 0.2) is 0 Å². The van der Waals surface area contributed by atoms with Gasteiger partial charge in [-0.05, 0) is 88.9 Å². The van der Waals surface area contributed by atoms with E-state index in [4.69, 9.17) is 21.4 Å². The second kappa shape index (κ2) is 16.5. The zero-order valence-electron chi connectivity index (χ0n) is 34.1. The third-order valence-corrected chi connectivity index (χ3v) is 12.7. The predicted molar refractivity (Wildman–Crippen MR) is 242 cm³/mol. The number of benzene rings is 6. The Bertz CT molecular complexity index is 2550. The molecule has 1 aliphatic carbocycles. The van der Waals surface area contributed by atoms with E-state index >= 15 is 0 Å². The van der Waals surface area contributed by atoms with Gasteiger partial charge in [0, 0.05) is 49.5 Å². The van der Waals surface area contributed by atoms with Gasteiger partial charge in [-0.15, -0.1) is 0 Å². The highest BCUT2D eigenvalue weighted by molar-refractivity contribution is 6.30. The number of ether oxygens (including phenoxy) is 1. The van der Waals surface area contributed by atoms with Crippen LogP contribution in [0.25, 0.3) is 16.5 Å². The van der Waals surface area contributed by atoms with Gasteiger partial charge < -0.3 is 14.7 Å². The Labute approximate surface area is 357 Å².